The lowest BCUT2D eigenvalue weighted by molar-refractivity contribution is -0.142. The molecule has 6 rings (SSSR count). The van der Waals surface area contributed by atoms with Crippen LogP contribution >= 0.6 is 22.3 Å². The summed E-state index contributed by atoms with van der Waals surface area (Å²) in [7, 11) is -0.466. The maximum atomic E-state index is 13.4. The van der Waals surface area contributed by atoms with E-state index in [0.29, 0.717) is 48.4 Å². The van der Waals surface area contributed by atoms with Crippen LogP contribution in [0.5, 0.6) is 5.75 Å². The molecular formula is C42H59ClN4O3S. The first-order chi connectivity index (χ1) is 24.6. The smallest absolute Gasteiger partial charge is 0.260 e. The van der Waals surface area contributed by atoms with Gasteiger partial charge in [-0.05, 0) is 104 Å². The van der Waals surface area contributed by atoms with Gasteiger partial charge in [0.15, 0.2) is 0 Å². The Kier molecular flexibility index (Phi) is 12.9. The molecule has 2 saturated heterocycles. The Morgan fingerprint density at radius 2 is 1.96 bits per heavy atom. The SMILES string of the molecule is C=S(NC(=O)c1ccc2c(c1)N(CC1CCC1C(/C=C/CC)CN1CC(=O)N3CCCCC3C1)CC(c1ccc(Cl)cc1CCC)CO2)C(C)C. The first-order valence-electron chi connectivity index (χ1n) is 19.5. The summed E-state index contributed by atoms with van der Waals surface area (Å²) in [4.78, 5) is 33.7. The highest BCUT2D eigenvalue weighted by molar-refractivity contribution is 8.13. The van der Waals surface area contributed by atoms with Crippen molar-refractivity contribution in [2.24, 2.45) is 17.8 Å². The number of fused-ring (bicyclic) bond motifs is 2. The molecule has 3 fully saturated rings. The summed E-state index contributed by atoms with van der Waals surface area (Å²) < 4.78 is 9.73. The molecule has 1 N–H and O–H groups in total. The molecule has 0 spiro atoms. The van der Waals surface area contributed by atoms with Crippen molar-refractivity contribution in [2.45, 2.75) is 96.3 Å². The highest BCUT2D eigenvalue weighted by Gasteiger charge is 2.41. The highest BCUT2D eigenvalue weighted by atomic mass is 35.5. The standard InChI is InChI=1S/C42H59ClN4O3S/c1-6-8-12-32(23-45-26-36-13-9-10-20-47(36)41(48)27-45)38-17-14-33(38)24-46-25-34(37-18-16-35(43)21-30(37)11-7-2)28-50-40-19-15-31(22-39(40)46)42(49)44-51(5)29(3)4/h8,12,15-16,18-19,21-22,29,32-34,36,38H,5-7,9-11,13-14,17,20,23-28H2,1-4H3,(H,44,49)/b12-8+. The van der Waals surface area contributed by atoms with Crippen LogP contribution in [0.25, 0.3) is 0 Å². The second-order valence-electron chi connectivity index (χ2n) is 15.5. The number of nitrogens with zero attached hydrogens (tertiary/aromatic N) is 3. The van der Waals surface area contributed by atoms with E-state index in [2.05, 4.69) is 77.3 Å². The number of allylic oxidation sites excluding steroid dienone is 1. The number of hydrogen-bond acceptors (Lipinski definition) is 5. The van der Waals surface area contributed by atoms with Crippen molar-refractivity contribution in [2.75, 3.05) is 50.8 Å². The molecule has 7 nitrogen and oxygen atoms in total. The molecule has 0 radical (unpaired) electrons. The fraction of sp³-hybridized carbons (Fsp3) is 0.595. The average molecular weight is 735 g/mol. The Morgan fingerprint density at radius 3 is 2.71 bits per heavy atom. The first-order valence-corrected chi connectivity index (χ1v) is 21.3. The monoisotopic (exact) mass is 734 g/mol. The minimum Gasteiger partial charge on any atom is -0.491 e. The van der Waals surface area contributed by atoms with Crippen molar-refractivity contribution in [3.8, 4) is 5.75 Å². The molecule has 278 valence electrons. The minimum absolute atomic E-state index is 0.0904. The third kappa shape index (κ3) is 9.05. The largest absolute Gasteiger partial charge is 0.491 e. The summed E-state index contributed by atoms with van der Waals surface area (Å²) in [6, 6.07) is 12.6. The Balaban J connectivity index is 1.27. The number of aryl methyl sites for hydroxylation is 1. The molecule has 0 aromatic heterocycles. The van der Waals surface area contributed by atoms with E-state index in [1.54, 1.807) is 0 Å². The van der Waals surface area contributed by atoms with Crippen LogP contribution in [0.1, 0.15) is 100 Å². The van der Waals surface area contributed by atoms with Crippen LogP contribution in [0.15, 0.2) is 48.6 Å². The van der Waals surface area contributed by atoms with Gasteiger partial charge in [0.25, 0.3) is 5.91 Å². The average Bonchev–Trinajstić information content (AvgIpc) is 3.28. The van der Waals surface area contributed by atoms with E-state index in [1.165, 1.54) is 30.4 Å². The predicted octanol–water partition coefficient (Wildman–Crippen LogP) is 8.33. The Morgan fingerprint density at radius 1 is 1.12 bits per heavy atom. The lowest BCUT2D eigenvalue weighted by atomic mass is 9.66. The fourth-order valence-electron chi connectivity index (χ4n) is 8.67. The van der Waals surface area contributed by atoms with E-state index in [4.69, 9.17) is 16.3 Å². The molecular weight excluding hydrogens is 676 g/mol. The van der Waals surface area contributed by atoms with E-state index in [-0.39, 0.29) is 17.1 Å². The van der Waals surface area contributed by atoms with Gasteiger partial charge in [-0.2, -0.15) is 0 Å². The van der Waals surface area contributed by atoms with E-state index in [9.17, 15) is 9.59 Å². The topological polar surface area (TPSA) is 65.1 Å². The van der Waals surface area contributed by atoms with Gasteiger partial charge in [0.05, 0.1) is 18.8 Å². The van der Waals surface area contributed by atoms with E-state index >= 15 is 0 Å². The van der Waals surface area contributed by atoms with Crippen LogP contribution in [-0.2, 0) is 11.2 Å². The van der Waals surface area contributed by atoms with Crippen LogP contribution in [-0.4, -0.2) is 84.7 Å². The molecule has 0 bridgehead atoms. The third-order valence-corrected chi connectivity index (χ3v) is 13.5. The van der Waals surface area contributed by atoms with E-state index in [0.717, 1.165) is 81.3 Å². The molecule has 6 unspecified atom stereocenters. The molecule has 3 aliphatic heterocycles. The number of piperazine rings is 1. The Bertz CT molecular complexity index is 1600. The number of nitrogens with one attached hydrogen (secondary N) is 1. The lowest BCUT2D eigenvalue weighted by Gasteiger charge is -2.48. The van der Waals surface area contributed by atoms with E-state index in [1.807, 2.05) is 24.3 Å². The van der Waals surface area contributed by atoms with Gasteiger partial charge in [0.2, 0.25) is 5.91 Å². The number of halogens is 1. The number of amides is 2. The zero-order valence-electron chi connectivity index (χ0n) is 31.2. The second kappa shape index (κ2) is 17.3. The van der Waals surface area contributed by atoms with Gasteiger partial charge in [0.1, 0.15) is 5.75 Å². The minimum atomic E-state index is -0.466. The van der Waals surface area contributed by atoms with E-state index < -0.39 is 10.7 Å². The molecule has 2 aromatic rings. The van der Waals surface area contributed by atoms with Crippen molar-refractivity contribution >= 4 is 45.6 Å². The van der Waals surface area contributed by atoms with Gasteiger partial charge in [-0.15, -0.1) is 0 Å². The number of hydrogen-bond donors (Lipinski definition) is 1. The van der Waals surface area contributed by atoms with Crippen molar-refractivity contribution in [3.63, 3.8) is 0 Å². The fourth-order valence-corrected chi connectivity index (χ4v) is 9.46. The zero-order chi connectivity index (χ0) is 36.1. The second-order valence-corrected chi connectivity index (χ2v) is 18.0. The van der Waals surface area contributed by atoms with Crippen LogP contribution in [0.4, 0.5) is 5.69 Å². The summed E-state index contributed by atoms with van der Waals surface area (Å²) >= 11 is 6.50. The van der Waals surface area contributed by atoms with Crippen LogP contribution < -0.4 is 14.4 Å². The number of anilines is 1. The van der Waals surface area contributed by atoms with Gasteiger partial charge in [-0.3, -0.25) is 14.5 Å². The lowest BCUT2D eigenvalue weighted by Crippen LogP contribution is -2.59. The Hall–Kier alpha value is -2.81. The van der Waals surface area contributed by atoms with Crippen LogP contribution in [0, 0.1) is 17.8 Å². The first kappa shape index (κ1) is 37.9. The molecule has 2 amide bonds. The Labute approximate surface area is 314 Å². The zero-order valence-corrected chi connectivity index (χ0v) is 32.8. The maximum Gasteiger partial charge on any atom is 0.260 e. The molecule has 9 heteroatoms. The van der Waals surface area contributed by atoms with Gasteiger partial charge >= 0.3 is 0 Å². The number of rotatable bonds is 13. The maximum absolute atomic E-state index is 13.4. The summed E-state index contributed by atoms with van der Waals surface area (Å²) in [6.45, 7) is 14.3. The molecule has 6 atom stereocenters. The van der Waals surface area contributed by atoms with Crippen molar-refractivity contribution in [1.29, 1.82) is 0 Å². The number of carbonyl (C=O) groups is 2. The van der Waals surface area contributed by atoms with Gasteiger partial charge in [-0.1, -0.05) is 80.5 Å². The summed E-state index contributed by atoms with van der Waals surface area (Å²) in [6.07, 6.45) is 13.7. The van der Waals surface area contributed by atoms with Crippen LogP contribution in [0.3, 0.4) is 0 Å². The molecule has 51 heavy (non-hydrogen) atoms. The normalized spacial score (nSPS) is 25.1. The predicted molar refractivity (Wildman–Crippen MR) is 215 cm³/mol. The highest BCUT2D eigenvalue weighted by Crippen LogP contribution is 2.45. The van der Waals surface area contributed by atoms with Gasteiger partial charge in [-0.25, -0.2) is 0 Å². The number of benzene rings is 2. The van der Waals surface area contributed by atoms with Gasteiger partial charge in [0, 0.05) is 60.5 Å². The van der Waals surface area contributed by atoms with Crippen molar-refractivity contribution in [1.82, 2.24) is 14.5 Å². The molecule has 3 heterocycles. The molecule has 4 aliphatic rings. The molecule has 2 aromatic carbocycles. The number of ether oxygens (including phenoxy) is 1. The summed E-state index contributed by atoms with van der Waals surface area (Å²) in [5.74, 6) is 6.84. The quantitative estimate of drug-likeness (QED) is 0.166. The van der Waals surface area contributed by atoms with Crippen LogP contribution in [0.2, 0.25) is 5.02 Å². The van der Waals surface area contributed by atoms with Crippen molar-refractivity contribution < 1.29 is 14.3 Å². The third-order valence-electron chi connectivity index (χ3n) is 11.6. The molecule has 1 saturated carbocycles. The summed E-state index contributed by atoms with van der Waals surface area (Å²) in [5, 5.41) is 1.04. The number of piperidine rings is 1. The summed E-state index contributed by atoms with van der Waals surface area (Å²) in [5.41, 5.74) is 4.23. The number of carbonyl (C=O) groups excluding carboxylic acids is 2. The van der Waals surface area contributed by atoms with Crippen molar-refractivity contribution in [3.05, 3.63) is 70.3 Å². The van der Waals surface area contributed by atoms with Gasteiger partial charge < -0.3 is 19.3 Å². The molecule has 1 aliphatic carbocycles.